The highest BCUT2D eigenvalue weighted by atomic mass is 16.5. The number of hydrogen-bond acceptors (Lipinski definition) is 3. The van der Waals surface area contributed by atoms with E-state index >= 15 is 0 Å². The zero-order valence-electron chi connectivity index (χ0n) is 6.04. The third-order valence-electron chi connectivity index (χ3n) is 1.42. The Morgan fingerprint density at radius 2 is 2.70 bits per heavy atom. The van der Waals surface area contributed by atoms with Crippen LogP contribution >= 0.6 is 0 Å². The Bertz CT molecular complexity index is 131. The lowest BCUT2D eigenvalue weighted by atomic mass is 10.3. The van der Waals surface area contributed by atoms with E-state index in [0.29, 0.717) is 6.61 Å². The fourth-order valence-electron chi connectivity index (χ4n) is 0.920. The molecule has 0 amide bonds. The van der Waals surface area contributed by atoms with Gasteiger partial charge in [0.25, 0.3) is 0 Å². The van der Waals surface area contributed by atoms with E-state index in [9.17, 15) is 0 Å². The van der Waals surface area contributed by atoms with Gasteiger partial charge in [-0.2, -0.15) is 0 Å². The van der Waals surface area contributed by atoms with Crippen LogP contribution in [0.4, 0.5) is 0 Å². The van der Waals surface area contributed by atoms with Crippen molar-refractivity contribution in [3.8, 4) is 0 Å². The van der Waals surface area contributed by atoms with Crippen LogP contribution in [0.25, 0.3) is 0 Å². The Morgan fingerprint density at radius 1 is 1.90 bits per heavy atom. The molecule has 0 bridgehead atoms. The minimum absolute atomic E-state index is 0.0369. The summed E-state index contributed by atoms with van der Waals surface area (Å²) in [6, 6.07) is 0. The zero-order valence-corrected chi connectivity index (χ0v) is 6.04. The molecule has 1 unspecified atom stereocenters. The first kappa shape index (κ1) is 7.57. The van der Waals surface area contributed by atoms with E-state index in [1.54, 1.807) is 7.11 Å². The quantitative estimate of drug-likeness (QED) is 0.619. The number of ether oxygens (including phenoxy) is 2. The fourth-order valence-corrected chi connectivity index (χ4v) is 0.920. The van der Waals surface area contributed by atoms with Crippen molar-refractivity contribution in [3.05, 3.63) is 11.8 Å². The second-order valence-corrected chi connectivity index (χ2v) is 2.26. The first-order valence-corrected chi connectivity index (χ1v) is 3.32. The molecule has 0 fully saturated rings. The van der Waals surface area contributed by atoms with Gasteiger partial charge in [-0.25, -0.2) is 0 Å². The van der Waals surface area contributed by atoms with Gasteiger partial charge >= 0.3 is 0 Å². The van der Waals surface area contributed by atoms with E-state index < -0.39 is 0 Å². The van der Waals surface area contributed by atoms with Crippen molar-refractivity contribution < 1.29 is 14.6 Å². The molecule has 0 aliphatic carbocycles. The van der Waals surface area contributed by atoms with Crippen molar-refractivity contribution in [2.24, 2.45) is 0 Å². The Hall–Kier alpha value is -0.540. The molecular formula is C7H12O3. The zero-order chi connectivity index (χ0) is 7.40. The topological polar surface area (TPSA) is 38.7 Å². The molecule has 1 rings (SSSR count). The molecule has 1 atom stereocenters. The molecule has 0 spiro atoms. The van der Waals surface area contributed by atoms with Crippen LogP contribution in [0.1, 0.15) is 6.42 Å². The van der Waals surface area contributed by atoms with Gasteiger partial charge in [-0.05, 0) is 6.08 Å². The lowest BCUT2D eigenvalue weighted by molar-refractivity contribution is 0.0567. The lowest BCUT2D eigenvalue weighted by Crippen LogP contribution is -2.12. The van der Waals surface area contributed by atoms with E-state index in [1.807, 2.05) is 6.08 Å². The summed E-state index contributed by atoms with van der Waals surface area (Å²) < 4.78 is 10.1. The Kier molecular flexibility index (Phi) is 2.71. The third-order valence-corrected chi connectivity index (χ3v) is 1.42. The second-order valence-electron chi connectivity index (χ2n) is 2.26. The normalized spacial score (nSPS) is 24.2. The first-order chi connectivity index (χ1) is 4.86. The highest BCUT2D eigenvalue weighted by Gasteiger charge is 2.15. The van der Waals surface area contributed by atoms with E-state index in [1.165, 1.54) is 0 Å². The van der Waals surface area contributed by atoms with Crippen molar-refractivity contribution in [2.45, 2.75) is 12.5 Å². The molecule has 0 radical (unpaired) electrons. The second kappa shape index (κ2) is 3.58. The number of hydrogen-bond donors (Lipinski definition) is 1. The van der Waals surface area contributed by atoms with Gasteiger partial charge in [0.2, 0.25) is 0 Å². The molecular weight excluding hydrogens is 132 g/mol. The van der Waals surface area contributed by atoms with Crippen LogP contribution in [0, 0.1) is 0 Å². The fraction of sp³-hybridized carbons (Fsp3) is 0.714. The SMILES string of the molecule is COCC1=CCC(CO)O1. The van der Waals surface area contributed by atoms with Gasteiger partial charge in [-0.1, -0.05) is 0 Å². The molecule has 10 heavy (non-hydrogen) atoms. The van der Waals surface area contributed by atoms with E-state index in [-0.39, 0.29) is 12.7 Å². The average molecular weight is 144 g/mol. The predicted molar refractivity (Wildman–Crippen MR) is 36.5 cm³/mol. The summed E-state index contributed by atoms with van der Waals surface area (Å²) in [5.41, 5.74) is 0. The van der Waals surface area contributed by atoms with Crippen LogP contribution in [0.3, 0.4) is 0 Å². The highest BCUT2D eigenvalue weighted by molar-refractivity contribution is 5.01. The van der Waals surface area contributed by atoms with E-state index in [2.05, 4.69) is 0 Å². The molecule has 58 valence electrons. The molecule has 0 aromatic carbocycles. The van der Waals surface area contributed by atoms with Gasteiger partial charge < -0.3 is 14.6 Å². The van der Waals surface area contributed by atoms with Gasteiger partial charge in [0.05, 0.1) is 6.61 Å². The molecule has 1 heterocycles. The predicted octanol–water partition coefficient (Wildman–Crippen LogP) is 0.298. The van der Waals surface area contributed by atoms with Crippen molar-refractivity contribution in [1.29, 1.82) is 0 Å². The van der Waals surface area contributed by atoms with Crippen molar-refractivity contribution in [2.75, 3.05) is 20.3 Å². The highest BCUT2D eigenvalue weighted by Crippen LogP contribution is 2.15. The van der Waals surface area contributed by atoms with Gasteiger partial charge in [-0.15, -0.1) is 0 Å². The van der Waals surface area contributed by atoms with Gasteiger partial charge in [0, 0.05) is 13.5 Å². The molecule has 0 saturated heterocycles. The van der Waals surface area contributed by atoms with Gasteiger partial charge in [-0.3, -0.25) is 0 Å². The minimum Gasteiger partial charge on any atom is -0.490 e. The van der Waals surface area contributed by atoms with Gasteiger partial charge in [0.15, 0.2) is 0 Å². The van der Waals surface area contributed by atoms with Crippen LogP contribution in [0.2, 0.25) is 0 Å². The van der Waals surface area contributed by atoms with Crippen LogP contribution in [0.5, 0.6) is 0 Å². The summed E-state index contributed by atoms with van der Waals surface area (Å²) >= 11 is 0. The molecule has 1 N–H and O–H groups in total. The molecule has 3 nitrogen and oxygen atoms in total. The van der Waals surface area contributed by atoms with Gasteiger partial charge in [0.1, 0.15) is 18.5 Å². The Labute approximate surface area is 60.3 Å². The minimum atomic E-state index is -0.0369. The Morgan fingerprint density at radius 3 is 3.20 bits per heavy atom. The average Bonchev–Trinajstić information content (AvgIpc) is 2.37. The van der Waals surface area contributed by atoms with Crippen LogP contribution in [-0.2, 0) is 9.47 Å². The number of aliphatic hydroxyl groups is 1. The summed E-state index contributed by atoms with van der Waals surface area (Å²) in [4.78, 5) is 0. The summed E-state index contributed by atoms with van der Waals surface area (Å²) in [6.07, 6.45) is 2.71. The maximum absolute atomic E-state index is 8.65. The van der Waals surface area contributed by atoms with E-state index in [0.717, 1.165) is 12.2 Å². The molecule has 0 aromatic heterocycles. The first-order valence-electron chi connectivity index (χ1n) is 3.32. The van der Waals surface area contributed by atoms with Crippen molar-refractivity contribution >= 4 is 0 Å². The number of aliphatic hydroxyl groups excluding tert-OH is 1. The largest absolute Gasteiger partial charge is 0.490 e. The van der Waals surface area contributed by atoms with Crippen LogP contribution < -0.4 is 0 Å². The number of methoxy groups -OCH3 is 1. The maximum Gasteiger partial charge on any atom is 0.125 e. The molecule has 0 aromatic rings. The molecule has 0 saturated carbocycles. The summed E-state index contributed by atoms with van der Waals surface area (Å²) in [5.74, 6) is 0.835. The van der Waals surface area contributed by atoms with Crippen LogP contribution in [-0.4, -0.2) is 31.5 Å². The van der Waals surface area contributed by atoms with Crippen molar-refractivity contribution in [3.63, 3.8) is 0 Å². The summed E-state index contributed by atoms with van der Waals surface area (Å²) in [5, 5.41) is 8.65. The molecule has 3 heteroatoms. The maximum atomic E-state index is 8.65. The molecule has 1 aliphatic heterocycles. The van der Waals surface area contributed by atoms with Crippen LogP contribution in [0.15, 0.2) is 11.8 Å². The smallest absolute Gasteiger partial charge is 0.125 e. The molecule has 1 aliphatic rings. The van der Waals surface area contributed by atoms with Crippen molar-refractivity contribution in [1.82, 2.24) is 0 Å². The standard InChI is InChI=1S/C7H12O3/c1-9-5-7-3-2-6(4-8)10-7/h3,6,8H,2,4-5H2,1H3. The number of rotatable bonds is 3. The monoisotopic (exact) mass is 144 g/mol. The third kappa shape index (κ3) is 1.72. The summed E-state index contributed by atoms with van der Waals surface area (Å²) in [7, 11) is 1.62. The summed E-state index contributed by atoms with van der Waals surface area (Å²) in [6.45, 7) is 0.597. The Balaban J connectivity index is 2.25. The van der Waals surface area contributed by atoms with E-state index in [4.69, 9.17) is 14.6 Å². The lowest BCUT2D eigenvalue weighted by Gasteiger charge is -2.08.